The average Bonchev–Trinajstić information content (AvgIpc) is 3.32. The minimum Gasteiger partial charge on any atom is -0.444 e. The largest absolute Gasteiger partial charge is 0.444 e. The fourth-order valence-corrected chi connectivity index (χ4v) is 4.09. The standard InChI is InChI=1S/C23H30N8O2/c1-7-16-12-31(23(8-9-24)13-30(14-23)21(32)33-22(2,3)4)27-20(16)29(6)19-10-18-17(11-25-19)26-15-28(18)5/h10-12,15H,7-8,13-14H2,1-6H3. The first-order valence-corrected chi connectivity index (χ1v) is 11.0. The first kappa shape index (κ1) is 22.6. The van der Waals surface area contributed by atoms with Gasteiger partial charge in [0.05, 0.1) is 43.6 Å². The van der Waals surface area contributed by atoms with Gasteiger partial charge in [-0.15, -0.1) is 0 Å². The molecule has 33 heavy (non-hydrogen) atoms. The Morgan fingerprint density at radius 1 is 1.33 bits per heavy atom. The van der Waals surface area contributed by atoms with E-state index < -0.39 is 11.1 Å². The number of hydrogen-bond acceptors (Lipinski definition) is 7. The van der Waals surface area contributed by atoms with Gasteiger partial charge in [-0.05, 0) is 27.2 Å². The second-order valence-electron chi connectivity index (χ2n) is 9.62. The van der Waals surface area contributed by atoms with Gasteiger partial charge in [0, 0.05) is 31.9 Å². The van der Waals surface area contributed by atoms with E-state index in [1.165, 1.54) is 0 Å². The Balaban J connectivity index is 1.62. The number of rotatable bonds is 5. The molecule has 174 valence electrons. The van der Waals surface area contributed by atoms with Crippen molar-refractivity contribution < 1.29 is 9.53 Å². The van der Waals surface area contributed by atoms with E-state index in [2.05, 4.69) is 23.0 Å². The summed E-state index contributed by atoms with van der Waals surface area (Å²) in [6, 6.07) is 4.26. The van der Waals surface area contributed by atoms with Crippen LogP contribution in [0.15, 0.2) is 24.8 Å². The molecule has 1 aliphatic heterocycles. The number of anilines is 2. The van der Waals surface area contributed by atoms with E-state index in [-0.39, 0.29) is 12.5 Å². The summed E-state index contributed by atoms with van der Waals surface area (Å²) in [7, 11) is 3.88. The van der Waals surface area contributed by atoms with Gasteiger partial charge in [-0.3, -0.25) is 4.68 Å². The third-order valence-corrected chi connectivity index (χ3v) is 5.92. The van der Waals surface area contributed by atoms with Gasteiger partial charge in [-0.2, -0.15) is 10.4 Å². The third kappa shape index (κ3) is 4.11. The van der Waals surface area contributed by atoms with Crippen LogP contribution in [0.1, 0.15) is 39.7 Å². The van der Waals surface area contributed by atoms with Crippen LogP contribution >= 0.6 is 0 Å². The molecule has 10 heteroatoms. The van der Waals surface area contributed by atoms with Gasteiger partial charge < -0.3 is 19.1 Å². The van der Waals surface area contributed by atoms with Gasteiger partial charge in [0.25, 0.3) is 0 Å². The number of likely N-dealkylation sites (tertiary alicyclic amines) is 1. The number of pyridine rings is 1. The van der Waals surface area contributed by atoms with E-state index in [0.29, 0.717) is 13.1 Å². The molecule has 0 spiro atoms. The van der Waals surface area contributed by atoms with Gasteiger partial charge in [0.15, 0.2) is 5.82 Å². The molecule has 0 radical (unpaired) electrons. The van der Waals surface area contributed by atoms with Crippen molar-refractivity contribution in [1.29, 1.82) is 5.26 Å². The van der Waals surface area contributed by atoms with Crippen LogP contribution in [0.5, 0.6) is 0 Å². The van der Waals surface area contributed by atoms with E-state index >= 15 is 0 Å². The monoisotopic (exact) mass is 450 g/mol. The molecule has 0 aromatic carbocycles. The molecule has 10 nitrogen and oxygen atoms in total. The van der Waals surface area contributed by atoms with E-state index in [1.54, 1.807) is 17.4 Å². The first-order chi connectivity index (χ1) is 15.6. The van der Waals surface area contributed by atoms with Crippen molar-refractivity contribution >= 4 is 28.8 Å². The number of hydrogen-bond donors (Lipinski definition) is 0. The highest BCUT2D eigenvalue weighted by atomic mass is 16.6. The maximum atomic E-state index is 12.5. The molecule has 0 unspecified atom stereocenters. The number of aryl methyl sites for hydroxylation is 2. The zero-order valence-electron chi connectivity index (χ0n) is 20.0. The Morgan fingerprint density at radius 2 is 2.06 bits per heavy atom. The van der Waals surface area contributed by atoms with Crippen molar-refractivity contribution in [1.82, 2.24) is 29.2 Å². The summed E-state index contributed by atoms with van der Waals surface area (Å²) < 4.78 is 9.29. The van der Waals surface area contributed by atoms with E-state index in [0.717, 1.165) is 34.7 Å². The average molecular weight is 451 g/mol. The summed E-state index contributed by atoms with van der Waals surface area (Å²) in [4.78, 5) is 24.9. The lowest BCUT2D eigenvalue weighted by atomic mass is 9.87. The van der Waals surface area contributed by atoms with E-state index in [4.69, 9.17) is 9.84 Å². The summed E-state index contributed by atoms with van der Waals surface area (Å²) in [5.74, 6) is 1.53. The van der Waals surface area contributed by atoms with Crippen molar-refractivity contribution in [3.8, 4) is 6.07 Å². The molecule has 1 saturated heterocycles. The van der Waals surface area contributed by atoms with Crippen molar-refractivity contribution in [2.24, 2.45) is 7.05 Å². The molecule has 0 bridgehead atoms. The van der Waals surface area contributed by atoms with Crippen LogP contribution in [-0.4, -0.2) is 61.0 Å². The second kappa shape index (κ2) is 8.06. The molecule has 0 aliphatic carbocycles. The van der Waals surface area contributed by atoms with Crippen molar-refractivity contribution in [3.05, 3.63) is 30.4 Å². The Labute approximate surface area is 193 Å². The fourth-order valence-electron chi connectivity index (χ4n) is 4.09. The fraction of sp³-hybridized carbons (Fsp3) is 0.522. The molecule has 3 aromatic rings. The first-order valence-electron chi connectivity index (χ1n) is 11.0. The number of amides is 1. The Bertz CT molecular complexity index is 1220. The van der Waals surface area contributed by atoms with Crippen molar-refractivity contribution in [2.45, 2.75) is 51.7 Å². The van der Waals surface area contributed by atoms with Gasteiger partial charge in [-0.25, -0.2) is 14.8 Å². The number of nitriles is 1. The minimum atomic E-state index is -0.575. The van der Waals surface area contributed by atoms with Gasteiger partial charge in [0.1, 0.15) is 22.5 Å². The summed E-state index contributed by atoms with van der Waals surface area (Å²) in [6.07, 6.45) is 6.15. The molecular weight excluding hydrogens is 420 g/mol. The Kier molecular flexibility index (Phi) is 5.52. The smallest absolute Gasteiger partial charge is 0.410 e. The molecule has 1 fully saturated rings. The third-order valence-electron chi connectivity index (χ3n) is 5.92. The highest BCUT2D eigenvalue weighted by Gasteiger charge is 2.49. The summed E-state index contributed by atoms with van der Waals surface area (Å²) in [5, 5.41) is 14.4. The maximum Gasteiger partial charge on any atom is 0.410 e. The topological polar surface area (TPSA) is 105 Å². The van der Waals surface area contributed by atoms with Crippen LogP contribution in [-0.2, 0) is 23.7 Å². The predicted molar refractivity (Wildman–Crippen MR) is 124 cm³/mol. The quantitative estimate of drug-likeness (QED) is 0.587. The number of carbonyl (C=O) groups is 1. The lowest BCUT2D eigenvalue weighted by Gasteiger charge is -2.48. The molecule has 4 heterocycles. The zero-order valence-corrected chi connectivity index (χ0v) is 20.0. The molecule has 4 rings (SSSR count). The molecule has 1 amide bonds. The van der Waals surface area contributed by atoms with Crippen LogP contribution in [0.2, 0.25) is 0 Å². The number of fused-ring (bicyclic) bond motifs is 1. The van der Waals surface area contributed by atoms with Crippen molar-refractivity contribution in [2.75, 3.05) is 25.0 Å². The molecule has 3 aromatic heterocycles. The molecule has 0 saturated carbocycles. The van der Waals surface area contributed by atoms with E-state index in [9.17, 15) is 10.1 Å². The zero-order chi connectivity index (χ0) is 24.0. The summed E-state index contributed by atoms with van der Waals surface area (Å²) in [6.45, 7) is 8.35. The molecule has 1 aliphatic rings. The Morgan fingerprint density at radius 3 is 2.70 bits per heavy atom. The molecule has 0 atom stereocenters. The SMILES string of the molecule is CCc1cn(C2(CC#N)CN(C(=O)OC(C)(C)C)C2)nc1N(C)c1cc2c(cn1)ncn2C. The number of imidazole rings is 1. The highest BCUT2D eigenvalue weighted by molar-refractivity contribution is 5.78. The lowest BCUT2D eigenvalue weighted by molar-refractivity contribution is -0.0313. The van der Waals surface area contributed by atoms with Gasteiger partial charge in [-0.1, -0.05) is 6.92 Å². The number of carbonyl (C=O) groups excluding carboxylic acids is 1. The Hall–Kier alpha value is -3.61. The molecule has 0 N–H and O–H groups in total. The molecular formula is C23H30N8O2. The highest BCUT2D eigenvalue weighted by Crippen LogP contribution is 2.36. The van der Waals surface area contributed by atoms with Gasteiger partial charge >= 0.3 is 6.09 Å². The van der Waals surface area contributed by atoms with Crippen LogP contribution < -0.4 is 4.90 Å². The number of ether oxygens (including phenoxy) is 1. The van der Waals surface area contributed by atoms with E-state index in [1.807, 2.05) is 61.3 Å². The number of nitrogens with zero attached hydrogens (tertiary/aromatic N) is 8. The van der Waals surface area contributed by atoms with Crippen molar-refractivity contribution in [3.63, 3.8) is 0 Å². The predicted octanol–water partition coefficient (Wildman–Crippen LogP) is 3.35. The summed E-state index contributed by atoms with van der Waals surface area (Å²) >= 11 is 0. The lowest BCUT2D eigenvalue weighted by Crippen LogP contribution is -2.64. The van der Waals surface area contributed by atoms with Crippen LogP contribution in [0, 0.1) is 11.3 Å². The summed E-state index contributed by atoms with van der Waals surface area (Å²) in [5.41, 5.74) is 1.72. The number of aromatic nitrogens is 5. The second-order valence-corrected chi connectivity index (χ2v) is 9.62. The van der Waals surface area contributed by atoms with Gasteiger partial charge in [0.2, 0.25) is 0 Å². The normalized spacial score (nSPS) is 15.2. The minimum absolute atomic E-state index is 0.250. The van der Waals surface area contributed by atoms with Crippen LogP contribution in [0.25, 0.3) is 11.0 Å². The van der Waals surface area contributed by atoms with Crippen LogP contribution in [0.3, 0.4) is 0 Å². The van der Waals surface area contributed by atoms with Crippen LogP contribution in [0.4, 0.5) is 16.4 Å². The maximum absolute atomic E-state index is 12.5.